The average Bonchev–Trinajstić information content (AvgIpc) is 2.57. The Kier molecular flexibility index (Phi) is 8.70. The number of rotatable bonds is 10. The predicted molar refractivity (Wildman–Crippen MR) is 94.2 cm³/mol. The van der Waals surface area contributed by atoms with Gasteiger partial charge in [-0.15, -0.1) is 0 Å². The minimum Gasteiger partial charge on any atom is -0.487 e. The molecule has 1 rings (SSSR count). The number of benzene rings is 1. The van der Waals surface area contributed by atoms with Crippen LogP contribution < -0.4 is 15.4 Å². The molecule has 0 radical (unpaired) electrons. The normalized spacial score (nSPS) is 10.5. The third-order valence-corrected chi connectivity index (χ3v) is 3.10. The minimum atomic E-state index is -0.509. The lowest BCUT2D eigenvalue weighted by Gasteiger charge is -2.06. The summed E-state index contributed by atoms with van der Waals surface area (Å²) in [6.45, 7) is 4.66. The molecule has 2 N–H and O–H groups in total. The topological polar surface area (TPSA) is 111 Å². The number of nitro benzene ring substituents is 1. The van der Waals surface area contributed by atoms with E-state index < -0.39 is 4.92 Å². The van der Waals surface area contributed by atoms with Crippen molar-refractivity contribution in [2.45, 2.75) is 26.7 Å². The van der Waals surface area contributed by atoms with Crippen molar-refractivity contribution in [3.05, 3.63) is 40.0 Å². The molecule has 0 fully saturated rings. The van der Waals surface area contributed by atoms with Gasteiger partial charge in [0.2, 0.25) is 11.8 Å². The third-order valence-electron chi connectivity index (χ3n) is 3.10. The van der Waals surface area contributed by atoms with Crippen LogP contribution >= 0.6 is 0 Å². The van der Waals surface area contributed by atoms with Crippen LogP contribution in [0, 0.1) is 10.1 Å². The molecule has 1 aromatic carbocycles. The molecule has 0 heterocycles. The van der Waals surface area contributed by atoms with Crippen LogP contribution in [0.3, 0.4) is 0 Å². The monoisotopic (exact) mass is 349 g/mol. The maximum atomic E-state index is 11.7. The van der Waals surface area contributed by atoms with Gasteiger partial charge in [-0.25, -0.2) is 0 Å². The summed E-state index contributed by atoms with van der Waals surface area (Å²) in [5, 5.41) is 16.4. The quantitative estimate of drug-likeness (QED) is 0.291. The number of hydrogen-bond acceptors (Lipinski definition) is 5. The molecule has 0 aliphatic carbocycles. The Hall–Kier alpha value is -2.90. The fraction of sp³-hybridized carbons (Fsp3) is 0.412. The van der Waals surface area contributed by atoms with Crippen LogP contribution in [0.2, 0.25) is 0 Å². The van der Waals surface area contributed by atoms with Gasteiger partial charge in [0.15, 0.2) is 5.75 Å². The Morgan fingerprint density at radius 1 is 1.28 bits per heavy atom. The van der Waals surface area contributed by atoms with Crippen molar-refractivity contribution in [3.8, 4) is 5.75 Å². The number of amides is 2. The smallest absolute Gasteiger partial charge is 0.311 e. The van der Waals surface area contributed by atoms with Crippen LogP contribution in [-0.4, -0.2) is 36.4 Å². The standard InChI is InChI=1S/C17H23N3O5/c1-3-11-25-16-7-5-14(12-15(16)20(23)24)6-8-17(22)19-10-4-9-18-13(2)21/h5-8,12H,3-4,9-11H2,1-2H3,(H,18,21)(H,19,22)/b8-6+. The molecule has 0 unspecified atom stereocenters. The first-order valence-corrected chi connectivity index (χ1v) is 8.05. The number of ether oxygens (including phenoxy) is 1. The average molecular weight is 349 g/mol. The molecule has 8 nitrogen and oxygen atoms in total. The zero-order valence-corrected chi connectivity index (χ0v) is 14.4. The summed E-state index contributed by atoms with van der Waals surface area (Å²) >= 11 is 0. The Morgan fingerprint density at radius 3 is 2.64 bits per heavy atom. The van der Waals surface area contributed by atoms with E-state index in [2.05, 4.69) is 10.6 Å². The summed E-state index contributed by atoms with van der Waals surface area (Å²) in [5.41, 5.74) is 0.398. The molecule has 8 heteroatoms. The van der Waals surface area contributed by atoms with E-state index in [1.165, 1.54) is 31.2 Å². The number of nitrogens with one attached hydrogen (secondary N) is 2. The van der Waals surface area contributed by atoms with Crippen molar-refractivity contribution in [1.29, 1.82) is 0 Å². The lowest BCUT2D eigenvalue weighted by Crippen LogP contribution is -2.27. The molecule has 0 aromatic heterocycles. The van der Waals surface area contributed by atoms with Crippen LogP contribution in [0.5, 0.6) is 5.75 Å². The fourth-order valence-corrected chi connectivity index (χ4v) is 1.91. The molecule has 25 heavy (non-hydrogen) atoms. The van der Waals surface area contributed by atoms with E-state index in [4.69, 9.17) is 4.74 Å². The highest BCUT2D eigenvalue weighted by molar-refractivity contribution is 5.91. The summed E-state index contributed by atoms with van der Waals surface area (Å²) in [4.78, 5) is 33.0. The summed E-state index contributed by atoms with van der Waals surface area (Å²) in [6, 6.07) is 4.54. The van der Waals surface area contributed by atoms with Gasteiger partial charge in [-0.1, -0.05) is 13.0 Å². The van der Waals surface area contributed by atoms with Gasteiger partial charge in [-0.05, 0) is 30.5 Å². The fourth-order valence-electron chi connectivity index (χ4n) is 1.91. The van der Waals surface area contributed by atoms with Gasteiger partial charge in [0, 0.05) is 32.2 Å². The summed E-state index contributed by atoms with van der Waals surface area (Å²) in [6.07, 6.45) is 4.18. The lowest BCUT2D eigenvalue weighted by molar-refractivity contribution is -0.385. The first kappa shape index (κ1) is 20.1. The van der Waals surface area contributed by atoms with E-state index in [1.54, 1.807) is 6.07 Å². The molecule has 0 aliphatic heterocycles. The second kappa shape index (κ2) is 10.8. The Balaban J connectivity index is 2.58. The van der Waals surface area contributed by atoms with Crippen molar-refractivity contribution in [3.63, 3.8) is 0 Å². The van der Waals surface area contributed by atoms with E-state index in [-0.39, 0.29) is 23.3 Å². The van der Waals surface area contributed by atoms with Crippen molar-refractivity contribution in [2.24, 2.45) is 0 Å². The second-order valence-corrected chi connectivity index (χ2v) is 5.29. The van der Waals surface area contributed by atoms with E-state index in [0.29, 0.717) is 31.7 Å². The van der Waals surface area contributed by atoms with Gasteiger partial charge in [0.1, 0.15) is 0 Å². The molecule has 0 saturated carbocycles. The van der Waals surface area contributed by atoms with Crippen LogP contribution in [0.15, 0.2) is 24.3 Å². The van der Waals surface area contributed by atoms with Crippen molar-refractivity contribution < 1.29 is 19.2 Å². The molecule has 2 amide bonds. The SMILES string of the molecule is CCCOc1ccc(/C=C/C(=O)NCCCNC(C)=O)cc1[N+](=O)[O-]. The molecule has 0 spiro atoms. The number of nitrogens with zero attached hydrogens (tertiary/aromatic N) is 1. The van der Waals surface area contributed by atoms with Crippen LogP contribution in [0.4, 0.5) is 5.69 Å². The van der Waals surface area contributed by atoms with Crippen LogP contribution in [-0.2, 0) is 9.59 Å². The highest BCUT2D eigenvalue weighted by Gasteiger charge is 2.15. The van der Waals surface area contributed by atoms with E-state index in [9.17, 15) is 19.7 Å². The van der Waals surface area contributed by atoms with Gasteiger partial charge < -0.3 is 15.4 Å². The lowest BCUT2D eigenvalue weighted by atomic mass is 10.1. The largest absolute Gasteiger partial charge is 0.487 e. The van der Waals surface area contributed by atoms with E-state index in [0.717, 1.165) is 6.42 Å². The molecule has 136 valence electrons. The minimum absolute atomic E-state index is 0.112. The molecule has 1 aromatic rings. The highest BCUT2D eigenvalue weighted by Crippen LogP contribution is 2.28. The van der Waals surface area contributed by atoms with Crippen molar-refractivity contribution in [1.82, 2.24) is 10.6 Å². The molecule has 0 bridgehead atoms. The summed E-state index contributed by atoms with van der Waals surface area (Å²) in [5.74, 6) is -0.206. The first-order valence-electron chi connectivity index (χ1n) is 8.05. The van der Waals surface area contributed by atoms with Crippen LogP contribution in [0.25, 0.3) is 6.08 Å². The number of carbonyl (C=O) groups excluding carboxylic acids is 2. The third kappa shape index (κ3) is 7.96. The molecular weight excluding hydrogens is 326 g/mol. The van der Waals surface area contributed by atoms with Gasteiger partial charge in [0.05, 0.1) is 11.5 Å². The molecular formula is C17H23N3O5. The number of carbonyl (C=O) groups is 2. The number of hydrogen-bond donors (Lipinski definition) is 2. The van der Waals surface area contributed by atoms with Gasteiger partial charge in [-0.3, -0.25) is 19.7 Å². The van der Waals surface area contributed by atoms with E-state index in [1.807, 2.05) is 6.92 Å². The van der Waals surface area contributed by atoms with Gasteiger partial charge in [0.25, 0.3) is 0 Å². The Morgan fingerprint density at radius 2 is 2.00 bits per heavy atom. The van der Waals surface area contributed by atoms with Gasteiger partial charge >= 0.3 is 5.69 Å². The molecule has 0 aliphatic rings. The predicted octanol–water partition coefficient (Wildman–Crippen LogP) is 2.04. The highest BCUT2D eigenvalue weighted by atomic mass is 16.6. The van der Waals surface area contributed by atoms with Crippen molar-refractivity contribution in [2.75, 3.05) is 19.7 Å². The van der Waals surface area contributed by atoms with Crippen LogP contribution in [0.1, 0.15) is 32.3 Å². The first-order chi connectivity index (χ1) is 11.9. The maximum Gasteiger partial charge on any atom is 0.311 e. The van der Waals surface area contributed by atoms with Crippen molar-refractivity contribution >= 4 is 23.6 Å². The summed E-state index contributed by atoms with van der Waals surface area (Å²) in [7, 11) is 0. The zero-order chi connectivity index (χ0) is 18.7. The molecule has 0 saturated heterocycles. The molecule has 0 atom stereocenters. The zero-order valence-electron chi connectivity index (χ0n) is 14.4. The number of nitro groups is 1. The van der Waals surface area contributed by atoms with Gasteiger partial charge in [-0.2, -0.15) is 0 Å². The maximum absolute atomic E-state index is 11.7. The Bertz CT molecular complexity index is 643. The van der Waals surface area contributed by atoms with E-state index >= 15 is 0 Å². The Labute approximate surface area is 146 Å². The summed E-state index contributed by atoms with van der Waals surface area (Å²) < 4.78 is 5.35. The second-order valence-electron chi connectivity index (χ2n) is 5.29.